The van der Waals surface area contributed by atoms with Gasteiger partial charge in [0.15, 0.2) is 6.10 Å². The number of unbranched alkanes of at least 4 members (excludes halogenated alkanes) is 22. The maximum atomic E-state index is 12.8. The number of allylic oxidation sites excluding steroid dienone is 14. The minimum absolute atomic E-state index is 0.0934. The van der Waals surface area contributed by atoms with Crippen LogP contribution in [0.1, 0.15) is 245 Å². The highest BCUT2D eigenvalue weighted by Crippen LogP contribution is 2.15. The highest BCUT2D eigenvalue weighted by Gasteiger charge is 2.19. The SMILES string of the molecule is CC/C=C\C/C=C\C/C=C\C/C=C\C/C=C\CCCCCC(=O)OCC(COC(=O)CCCCCCC/C=C\C/C=C\CCC)OC(=O)CCCCCCCCCCCCCCCC. The summed E-state index contributed by atoms with van der Waals surface area (Å²) in [6, 6.07) is 0. The summed E-state index contributed by atoms with van der Waals surface area (Å²) in [7, 11) is 0. The van der Waals surface area contributed by atoms with Crippen molar-refractivity contribution in [2.75, 3.05) is 13.2 Å². The van der Waals surface area contributed by atoms with Gasteiger partial charge in [0.25, 0.3) is 0 Å². The first-order valence-corrected chi connectivity index (χ1v) is 26.6. The smallest absolute Gasteiger partial charge is 0.306 e. The summed E-state index contributed by atoms with van der Waals surface area (Å²) in [6.45, 7) is 6.42. The summed E-state index contributed by atoms with van der Waals surface area (Å²) >= 11 is 0. The van der Waals surface area contributed by atoms with Crippen LogP contribution in [0.5, 0.6) is 0 Å². The molecule has 0 fully saturated rings. The van der Waals surface area contributed by atoms with Gasteiger partial charge in [0.2, 0.25) is 0 Å². The molecule has 0 aromatic heterocycles. The first-order chi connectivity index (χ1) is 31.5. The molecule has 0 bridgehead atoms. The van der Waals surface area contributed by atoms with Gasteiger partial charge in [-0.1, -0.05) is 221 Å². The van der Waals surface area contributed by atoms with Crippen molar-refractivity contribution >= 4 is 17.9 Å². The molecule has 0 spiro atoms. The molecule has 0 amide bonds. The van der Waals surface area contributed by atoms with E-state index in [1.807, 2.05) is 0 Å². The molecule has 1 unspecified atom stereocenters. The Balaban J connectivity index is 4.45. The summed E-state index contributed by atoms with van der Waals surface area (Å²) in [6.07, 6.45) is 67.1. The van der Waals surface area contributed by atoms with Crippen LogP contribution in [0.2, 0.25) is 0 Å². The van der Waals surface area contributed by atoms with Crippen molar-refractivity contribution in [1.82, 2.24) is 0 Å². The van der Waals surface area contributed by atoms with Crippen LogP contribution in [0.25, 0.3) is 0 Å². The average Bonchev–Trinajstić information content (AvgIpc) is 3.29. The van der Waals surface area contributed by atoms with Crippen molar-refractivity contribution < 1.29 is 28.6 Å². The third kappa shape index (κ3) is 49.6. The Morgan fingerprint density at radius 3 is 1.03 bits per heavy atom. The lowest BCUT2D eigenvalue weighted by Crippen LogP contribution is -2.30. The molecular formula is C58H98O6. The van der Waals surface area contributed by atoms with Crippen molar-refractivity contribution in [2.45, 2.75) is 252 Å². The zero-order chi connectivity index (χ0) is 46.5. The molecule has 6 heteroatoms. The molecule has 366 valence electrons. The van der Waals surface area contributed by atoms with Crippen LogP contribution in [0.3, 0.4) is 0 Å². The minimum atomic E-state index is -0.794. The van der Waals surface area contributed by atoms with Crippen LogP contribution in [0.4, 0.5) is 0 Å². The van der Waals surface area contributed by atoms with Gasteiger partial charge in [0, 0.05) is 19.3 Å². The summed E-state index contributed by atoms with van der Waals surface area (Å²) in [4.78, 5) is 38.0. The van der Waals surface area contributed by atoms with E-state index >= 15 is 0 Å². The van der Waals surface area contributed by atoms with Gasteiger partial charge in [-0.05, 0) is 89.9 Å². The quantitative estimate of drug-likeness (QED) is 0.0262. The first kappa shape index (κ1) is 60.6. The standard InChI is InChI=1S/C58H98O6/c1-4-7-10-13-16-19-22-25-27-28-29-30-31-34-36-39-42-45-48-51-57(60)63-54-55(53-62-56(59)50-47-44-41-38-35-32-24-21-18-15-12-9-6-3)64-58(61)52-49-46-43-40-37-33-26-23-20-17-14-11-8-5-2/h7,10,12,15-16,19,21,24-25,27,29-30,34,36,55H,4-6,8-9,11,13-14,17-18,20,22-23,26,28,31-33,35,37-54H2,1-3H3/b10-7-,15-12-,19-16-,24-21-,27-25-,30-29-,36-34-. The minimum Gasteiger partial charge on any atom is -0.462 e. The van der Waals surface area contributed by atoms with Gasteiger partial charge in [-0.25, -0.2) is 0 Å². The van der Waals surface area contributed by atoms with Gasteiger partial charge >= 0.3 is 17.9 Å². The maximum Gasteiger partial charge on any atom is 0.306 e. The second kappa shape index (κ2) is 52.2. The van der Waals surface area contributed by atoms with E-state index in [0.29, 0.717) is 19.3 Å². The molecule has 0 aliphatic heterocycles. The van der Waals surface area contributed by atoms with Crippen molar-refractivity contribution in [3.05, 3.63) is 85.1 Å². The third-order valence-corrected chi connectivity index (χ3v) is 11.1. The second-order valence-corrected chi connectivity index (χ2v) is 17.4. The van der Waals surface area contributed by atoms with Crippen LogP contribution in [-0.2, 0) is 28.6 Å². The number of rotatable bonds is 47. The topological polar surface area (TPSA) is 78.9 Å². The Morgan fingerprint density at radius 1 is 0.328 bits per heavy atom. The molecule has 0 aromatic rings. The molecule has 1 atom stereocenters. The predicted octanol–water partition coefficient (Wildman–Crippen LogP) is 17.6. The van der Waals surface area contributed by atoms with Crippen molar-refractivity contribution in [3.8, 4) is 0 Å². The maximum absolute atomic E-state index is 12.8. The average molecular weight is 891 g/mol. The number of esters is 3. The van der Waals surface area contributed by atoms with E-state index in [9.17, 15) is 14.4 Å². The van der Waals surface area contributed by atoms with Crippen LogP contribution in [0, 0.1) is 0 Å². The van der Waals surface area contributed by atoms with Gasteiger partial charge in [-0.15, -0.1) is 0 Å². The lowest BCUT2D eigenvalue weighted by Gasteiger charge is -2.18. The Hall–Kier alpha value is -3.41. The van der Waals surface area contributed by atoms with Gasteiger partial charge in [-0.2, -0.15) is 0 Å². The highest BCUT2D eigenvalue weighted by atomic mass is 16.6. The number of hydrogen-bond donors (Lipinski definition) is 0. The molecule has 0 N–H and O–H groups in total. The monoisotopic (exact) mass is 891 g/mol. The van der Waals surface area contributed by atoms with E-state index < -0.39 is 6.10 Å². The van der Waals surface area contributed by atoms with E-state index in [1.165, 1.54) is 77.0 Å². The summed E-state index contributed by atoms with van der Waals surface area (Å²) in [5.74, 6) is -0.937. The fraction of sp³-hybridized carbons (Fsp3) is 0.707. The fourth-order valence-corrected chi connectivity index (χ4v) is 7.15. The van der Waals surface area contributed by atoms with Crippen molar-refractivity contribution in [3.63, 3.8) is 0 Å². The van der Waals surface area contributed by atoms with Crippen LogP contribution in [-0.4, -0.2) is 37.2 Å². The van der Waals surface area contributed by atoms with E-state index in [-0.39, 0.29) is 31.1 Å². The molecule has 0 radical (unpaired) electrons. The molecule has 0 saturated carbocycles. The van der Waals surface area contributed by atoms with E-state index in [2.05, 4.69) is 106 Å². The van der Waals surface area contributed by atoms with Crippen LogP contribution < -0.4 is 0 Å². The molecular weight excluding hydrogens is 793 g/mol. The van der Waals surface area contributed by atoms with E-state index in [4.69, 9.17) is 14.2 Å². The van der Waals surface area contributed by atoms with Crippen LogP contribution >= 0.6 is 0 Å². The molecule has 0 aliphatic rings. The Morgan fingerprint density at radius 2 is 0.641 bits per heavy atom. The fourth-order valence-electron chi connectivity index (χ4n) is 7.15. The lowest BCUT2D eigenvalue weighted by molar-refractivity contribution is -0.167. The largest absolute Gasteiger partial charge is 0.462 e. The van der Waals surface area contributed by atoms with E-state index in [0.717, 1.165) is 128 Å². The Labute approximate surface area is 395 Å². The zero-order valence-electron chi connectivity index (χ0n) is 41.8. The second-order valence-electron chi connectivity index (χ2n) is 17.4. The van der Waals surface area contributed by atoms with Crippen molar-refractivity contribution in [1.29, 1.82) is 0 Å². The Bertz CT molecular complexity index is 1250. The summed E-state index contributed by atoms with van der Waals surface area (Å²) in [5.41, 5.74) is 0. The summed E-state index contributed by atoms with van der Waals surface area (Å²) in [5, 5.41) is 0. The normalized spacial score (nSPS) is 12.7. The number of hydrogen-bond acceptors (Lipinski definition) is 6. The van der Waals surface area contributed by atoms with Gasteiger partial charge < -0.3 is 14.2 Å². The summed E-state index contributed by atoms with van der Waals surface area (Å²) < 4.78 is 16.8. The predicted molar refractivity (Wildman–Crippen MR) is 274 cm³/mol. The molecule has 64 heavy (non-hydrogen) atoms. The first-order valence-electron chi connectivity index (χ1n) is 26.6. The van der Waals surface area contributed by atoms with Crippen LogP contribution in [0.15, 0.2) is 85.1 Å². The number of ether oxygens (including phenoxy) is 3. The molecule has 0 rings (SSSR count). The van der Waals surface area contributed by atoms with Gasteiger partial charge in [0.1, 0.15) is 13.2 Å². The Kier molecular flexibility index (Phi) is 49.4. The highest BCUT2D eigenvalue weighted by molar-refractivity contribution is 5.71. The zero-order valence-corrected chi connectivity index (χ0v) is 41.8. The number of carbonyl (C=O) groups is 3. The number of carbonyl (C=O) groups excluding carboxylic acids is 3. The lowest BCUT2D eigenvalue weighted by atomic mass is 10.0. The molecule has 6 nitrogen and oxygen atoms in total. The molecule has 0 aromatic carbocycles. The van der Waals surface area contributed by atoms with Gasteiger partial charge in [0.05, 0.1) is 0 Å². The van der Waals surface area contributed by atoms with Gasteiger partial charge in [-0.3, -0.25) is 14.4 Å². The third-order valence-electron chi connectivity index (χ3n) is 11.1. The molecule has 0 saturated heterocycles. The molecule has 0 heterocycles. The van der Waals surface area contributed by atoms with E-state index in [1.54, 1.807) is 0 Å². The van der Waals surface area contributed by atoms with Crippen molar-refractivity contribution in [2.24, 2.45) is 0 Å². The molecule has 0 aliphatic carbocycles.